The molecule has 0 saturated heterocycles. The number of carbonyl (C=O) groups excluding carboxylic acids is 2. The molecule has 35 heavy (non-hydrogen) atoms. The van der Waals surface area contributed by atoms with Gasteiger partial charge < -0.3 is 0 Å². The number of halogens is 7. The molecule has 3 aromatic carbocycles. The summed E-state index contributed by atoms with van der Waals surface area (Å²) >= 11 is 3.00. The zero-order valence-corrected chi connectivity index (χ0v) is 19.2. The van der Waals surface area contributed by atoms with E-state index in [2.05, 4.69) is 15.9 Å². The Morgan fingerprint density at radius 1 is 0.771 bits per heavy atom. The van der Waals surface area contributed by atoms with Crippen LogP contribution >= 0.6 is 15.9 Å². The Morgan fingerprint density at radius 2 is 1.34 bits per heavy atom. The van der Waals surface area contributed by atoms with Crippen LogP contribution in [0.25, 0.3) is 0 Å². The number of hydroxylamine groups is 1. The highest BCUT2D eigenvalue weighted by atomic mass is 79.9. The number of carbonyl (C=O) groups is 2. The molecule has 0 spiro atoms. The Hall–Kier alpha value is -3.18. The van der Waals surface area contributed by atoms with Gasteiger partial charge in [-0.3, -0.25) is 14.4 Å². The molecule has 11 heteroatoms. The molecule has 3 rings (SSSR count). The zero-order valence-electron chi connectivity index (χ0n) is 17.7. The van der Waals surface area contributed by atoms with Crippen molar-refractivity contribution in [1.82, 2.24) is 0 Å². The van der Waals surface area contributed by atoms with Gasteiger partial charge in [0, 0.05) is 11.1 Å². The second-order valence-corrected chi connectivity index (χ2v) is 7.82. The van der Waals surface area contributed by atoms with Crippen molar-refractivity contribution in [2.45, 2.75) is 19.0 Å². The van der Waals surface area contributed by atoms with E-state index in [4.69, 9.17) is 4.84 Å². The van der Waals surface area contributed by atoms with Gasteiger partial charge in [-0.25, -0.2) is 0 Å². The predicted molar refractivity (Wildman–Crippen MR) is 119 cm³/mol. The number of ketones is 1. The lowest BCUT2D eigenvalue weighted by atomic mass is 10.1. The van der Waals surface area contributed by atoms with E-state index in [0.717, 1.165) is 0 Å². The minimum atomic E-state index is -5.12. The zero-order chi connectivity index (χ0) is 25.8. The van der Waals surface area contributed by atoms with Crippen LogP contribution in [0.15, 0.2) is 72.8 Å². The molecule has 0 unspecified atom stereocenters. The molecule has 0 aromatic heterocycles. The predicted octanol–water partition coefficient (Wildman–Crippen LogP) is 7.08. The molecule has 0 aliphatic heterocycles. The molecule has 0 N–H and O–H groups in total. The molecule has 0 radical (unpaired) electrons. The summed E-state index contributed by atoms with van der Waals surface area (Å²) in [6, 6.07) is 14.2. The maximum absolute atomic E-state index is 13.4. The van der Waals surface area contributed by atoms with Gasteiger partial charge in [0.15, 0.2) is 5.78 Å². The SMILES string of the molecule is O=C(CBr)c1cccc(C(=O)N(OCc2ccccc2)c2cc(C(F)(F)F)cc(C(F)(F)F)c2)c1. The minimum absolute atomic E-state index is 0.0430. The van der Waals surface area contributed by atoms with Crippen LogP contribution in [0.2, 0.25) is 0 Å². The van der Waals surface area contributed by atoms with Gasteiger partial charge in [0.05, 0.1) is 22.1 Å². The normalized spacial score (nSPS) is 11.9. The Labute approximate surface area is 204 Å². The summed E-state index contributed by atoms with van der Waals surface area (Å²) in [5, 5.41) is 0.316. The molecule has 1 amide bonds. The molecule has 3 aromatic rings. The highest BCUT2D eigenvalue weighted by Crippen LogP contribution is 2.39. The van der Waals surface area contributed by atoms with E-state index in [1.807, 2.05) is 0 Å². The average molecular weight is 560 g/mol. The maximum Gasteiger partial charge on any atom is 0.416 e. The number of hydrogen-bond acceptors (Lipinski definition) is 3. The Bertz CT molecular complexity index is 1180. The van der Waals surface area contributed by atoms with Crippen LogP contribution in [-0.4, -0.2) is 17.0 Å². The van der Waals surface area contributed by atoms with Crippen molar-refractivity contribution in [3.63, 3.8) is 0 Å². The van der Waals surface area contributed by atoms with Crippen molar-refractivity contribution in [1.29, 1.82) is 0 Å². The van der Waals surface area contributed by atoms with Crippen LogP contribution in [0, 0.1) is 0 Å². The van der Waals surface area contributed by atoms with Gasteiger partial charge >= 0.3 is 12.4 Å². The first kappa shape index (κ1) is 26.4. The number of nitrogens with zero attached hydrogens (tertiary/aromatic N) is 1. The van der Waals surface area contributed by atoms with Gasteiger partial charge in [-0.05, 0) is 35.9 Å². The average Bonchev–Trinajstić information content (AvgIpc) is 2.83. The lowest BCUT2D eigenvalue weighted by molar-refractivity contribution is -0.143. The van der Waals surface area contributed by atoms with Crippen molar-refractivity contribution in [2.24, 2.45) is 0 Å². The highest BCUT2D eigenvalue weighted by molar-refractivity contribution is 9.09. The Kier molecular flexibility index (Phi) is 8.01. The van der Waals surface area contributed by atoms with Crippen LogP contribution in [-0.2, 0) is 23.8 Å². The number of Topliss-reactive ketones (excluding diaryl/α,β-unsaturated/α-hetero) is 1. The van der Waals surface area contributed by atoms with Crippen molar-refractivity contribution < 1.29 is 40.8 Å². The Balaban J connectivity index is 2.11. The van der Waals surface area contributed by atoms with Crippen LogP contribution in [0.3, 0.4) is 0 Å². The van der Waals surface area contributed by atoms with Crippen molar-refractivity contribution in [3.05, 3.63) is 101 Å². The fraction of sp³-hybridized carbons (Fsp3) is 0.167. The third-order valence-electron chi connectivity index (χ3n) is 4.75. The van der Waals surface area contributed by atoms with E-state index in [-0.39, 0.29) is 34.9 Å². The molecule has 0 aliphatic carbocycles. The molecule has 0 saturated carbocycles. The lowest BCUT2D eigenvalue weighted by Gasteiger charge is -2.24. The van der Waals surface area contributed by atoms with Crippen molar-refractivity contribution in [2.75, 3.05) is 10.4 Å². The minimum Gasteiger partial charge on any atom is -0.293 e. The van der Waals surface area contributed by atoms with E-state index in [9.17, 15) is 35.9 Å². The van der Waals surface area contributed by atoms with Crippen LogP contribution < -0.4 is 5.06 Å². The van der Waals surface area contributed by atoms with Crippen LogP contribution in [0.4, 0.5) is 32.0 Å². The van der Waals surface area contributed by atoms with Gasteiger partial charge in [-0.1, -0.05) is 58.4 Å². The molecular formula is C24H16BrF6NO3. The van der Waals surface area contributed by atoms with Gasteiger partial charge in [-0.2, -0.15) is 31.4 Å². The van der Waals surface area contributed by atoms with Gasteiger partial charge in [0.1, 0.15) is 6.61 Å². The third-order valence-corrected chi connectivity index (χ3v) is 5.26. The first-order valence-electron chi connectivity index (χ1n) is 9.90. The fourth-order valence-corrected chi connectivity index (χ4v) is 3.36. The highest BCUT2D eigenvalue weighted by Gasteiger charge is 2.38. The summed E-state index contributed by atoms with van der Waals surface area (Å²) in [7, 11) is 0. The van der Waals surface area contributed by atoms with E-state index in [1.165, 1.54) is 24.3 Å². The quantitative estimate of drug-likeness (QED) is 0.134. The number of benzene rings is 3. The fourth-order valence-electron chi connectivity index (χ4n) is 3.04. The van der Waals surface area contributed by atoms with Gasteiger partial charge in [0.25, 0.3) is 5.91 Å². The van der Waals surface area contributed by atoms with E-state index in [0.29, 0.717) is 22.8 Å². The molecule has 0 bridgehead atoms. The summed E-state index contributed by atoms with van der Waals surface area (Å²) in [4.78, 5) is 30.7. The number of anilines is 1. The second-order valence-electron chi connectivity index (χ2n) is 7.26. The van der Waals surface area contributed by atoms with Crippen molar-refractivity contribution >= 4 is 33.3 Å². The monoisotopic (exact) mass is 559 g/mol. The van der Waals surface area contributed by atoms with E-state index in [1.54, 1.807) is 30.3 Å². The first-order chi connectivity index (χ1) is 16.4. The molecule has 0 heterocycles. The topological polar surface area (TPSA) is 46.6 Å². The number of alkyl halides is 7. The summed E-state index contributed by atoms with van der Waals surface area (Å²) in [5.41, 5.74) is -3.52. The summed E-state index contributed by atoms with van der Waals surface area (Å²) in [6.07, 6.45) is -10.2. The first-order valence-corrected chi connectivity index (χ1v) is 11.0. The van der Waals surface area contributed by atoms with Gasteiger partial charge in [0.2, 0.25) is 0 Å². The molecular weight excluding hydrogens is 544 g/mol. The van der Waals surface area contributed by atoms with Crippen LogP contribution in [0.1, 0.15) is 37.4 Å². The molecule has 4 nitrogen and oxygen atoms in total. The molecule has 0 atom stereocenters. The van der Waals surface area contributed by atoms with Crippen molar-refractivity contribution in [3.8, 4) is 0 Å². The summed E-state index contributed by atoms with van der Waals surface area (Å²) in [5.74, 6) is -1.44. The largest absolute Gasteiger partial charge is 0.416 e. The summed E-state index contributed by atoms with van der Waals surface area (Å²) in [6.45, 7) is -0.329. The maximum atomic E-state index is 13.4. The standard InChI is InChI=1S/C24H16BrF6NO3/c25-13-21(33)16-7-4-8-17(9-16)22(34)32(35-14-15-5-2-1-3-6-15)20-11-18(23(26,27)28)10-19(12-20)24(29,30)31/h1-12H,13-14H2. The smallest absolute Gasteiger partial charge is 0.293 e. The number of hydrogen-bond donors (Lipinski definition) is 0. The summed E-state index contributed by atoms with van der Waals surface area (Å²) < 4.78 is 80.4. The van der Waals surface area contributed by atoms with Crippen LogP contribution in [0.5, 0.6) is 0 Å². The third kappa shape index (κ3) is 6.70. The van der Waals surface area contributed by atoms with E-state index < -0.39 is 35.1 Å². The van der Waals surface area contributed by atoms with Gasteiger partial charge in [-0.15, -0.1) is 0 Å². The molecule has 0 aliphatic rings. The molecule has 184 valence electrons. The Morgan fingerprint density at radius 3 is 1.89 bits per heavy atom. The second kappa shape index (κ2) is 10.6. The number of amides is 1. The lowest BCUT2D eigenvalue weighted by Crippen LogP contribution is -2.32. The number of rotatable bonds is 7. The molecule has 0 fully saturated rings. The van der Waals surface area contributed by atoms with E-state index >= 15 is 0 Å².